The smallest absolute Gasteiger partial charge is 0.0652 e. The Balaban J connectivity index is 1.96. The number of hydrogen-bond acceptors (Lipinski definition) is 2. The summed E-state index contributed by atoms with van der Waals surface area (Å²) in [6.45, 7) is 11.9. The molecule has 0 aliphatic heterocycles. The van der Waals surface area contributed by atoms with Gasteiger partial charge in [0.15, 0.2) is 0 Å². The van der Waals surface area contributed by atoms with Gasteiger partial charge in [0, 0.05) is 24.6 Å². The first-order chi connectivity index (χ1) is 8.86. The molecule has 0 spiro atoms. The van der Waals surface area contributed by atoms with E-state index in [4.69, 9.17) is 4.74 Å². The molecular formula is C17H33NO. The molecule has 2 fully saturated rings. The maximum Gasteiger partial charge on any atom is 0.0652 e. The van der Waals surface area contributed by atoms with Gasteiger partial charge in [0.05, 0.1) is 6.10 Å². The number of ether oxygens (including phenoxy) is 1. The largest absolute Gasteiger partial charge is 0.381 e. The first kappa shape index (κ1) is 15.3. The molecular weight excluding hydrogens is 234 g/mol. The van der Waals surface area contributed by atoms with Crippen molar-refractivity contribution >= 4 is 0 Å². The van der Waals surface area contributed by atoms with Crippen molar-refractivity contribution in [2.45, 2.75) is 78.5 Å². The first-order valence-electron chi connectivity index (χ1n) is 8.15. The minimum absolute atomic E-state index is 0.289. The zero-order valence-corrected chi connectivity index (χ0v) is 13.7. The molecule has 2 aliphatic rings. The third kappa shape index (κ3) is 3.00. The molecule has 2 rings (SSSR count). The predicted molar refractivity (Wildman–Crippen MR) is 81.2 cm³/mol. The molecule has 19 heavy (non-hydrogen) atoms. The number of methoxy groups -OCH3 is 1. The van der Waals surface area contributed by atoms with Crippen molar-refractivity contribution in [2.75, 3.05) is 7.11 Å². The Bertz CT molecular complexity index is 300. The average molecular weight is 267 g/mol. The van der Waals surface area contributed by atoms with Gasteiger partial charge in [0.25, 0.3) is 0 Å². The highest BCUT2D eigenvalue weighted by Gasteiger charge is 2.49. The Labute approximate surface area is 119 Å². The maximum absolute atomic E-state index is 5.58. The lowest BCUT2D eigenvalue weighted by molar-refractivity contribution is -0.104. The van der Waals surface area contributed by atoms with E-state index in [1.54, 1.807) is 0 Å². The average Bonchev–Trinajstić information content (AvgIpc) is 2.33. The molecule has 0 heterocycles. The molecule has 0 aromatic heterocycles. The molecule has 2 aliphatic carbocycles. The predicted octanol–water partition coefficient (Wildman–Crippen LogP) is 3.85. The van der Waals surface area contributed by atoms with Crippen molar-refractivity contribution in [3.8, 4) is 0 Å². The zero-order valence-electron chi connectivity index (χ0n) is 13.7. The summed E-state index contributed by atoms with van der Waals surface area (Å²) in [6, 6.07) is 1.35. The van der Waals surface area contributed by atoms with Crippen molar-refractivity contribution < 1.29 is 4.74 Å². The van der Waals surface area contributed by atoms with Crippen LogP contribution in [0.1, 0.15) is 60.3 Å². The topological polar surface area (TPSA) is 21.3 Å². The van der Waals surface area contributed by atoms with E-state index in [1.807, 2.05) is 7.11 Å². The minimum Gasteiger partial charge on any atom is -0.381 e. The lowest BCUT2D eigenvalue weighted by Gasteiger charge is -2.54. The molecule has 0 bridgehead atoms. The fraction of sp³-hybridized carbons (Fsp3) is 1.00. The third-order valence-corrected chi connectivity index (χ3v) is 5.90. The standard InChI is InChI=1S/C17H33NO/c1-11(2)13-8-7-12(3)9-14(13)18-15-10-16(19-6)17(15,4)5/h11-16,18H,7-10H2,1-6H3. The van der Waals surface area contributed by atoms with E-state index in [0.717, 1.165) is 17.8 Å². The molecule has 5 atom stereocenters. The molecule has 5 unspecified atom stereocenters. The summed E-state index contributed by atoms with van der Waals surface area (Å²) >= 11 is 0. The van der Waals surface area contributed by atoms with E-state index in [9.17, 15) is 0 Å². The zero-order chi connectivity index (χ0) is 14.2. The molecule has 112 valence electrons. The Morgan fingerprint density at radius 2 is 1.84 bits per heavy atom. The summed E-state index contributed by atoms with van der Waals surface area (Å²) in [6.07, 6.45) is 5.78. The van der Waals surface area contributed by atoms with Gasteiger partial charge in [-0.15, -0.1) is 0 Å². The summed E-state index contributed by atoms with van der Waals surface area (Å²) in [5.41, 5.74) is 0.289. The van der Waals surface area contributed by atoms with Gasteiger partial charge in [0.2, 0.25) is 0 Å². The molecule has 0 aromatic rings. The van der Waals surface area contributed by atoms with Crippen LogP contribution in [0.2, 0.25) is 0 Å². The molecule has 0 saturated heterocycles. The van der Waals surface area contributed by atoms with Gasteiger partial charge in [-0.05, 0) is 37.0 Å². The van der Waals surface area contributed by atoms with E-state index in [-0.39, 0.29) is 5.41 Å². The highest BCUT2D eigenvalue weighted by Crippen LogP contribution is 2.44. The van der Waals surface area contributed by atoms with Crippen molar-refractivity contribution in [3.05, 3.63) is 0 Å². The van der Waals surface area contributed by atoms with Gasteiger partial charge in [-0.3, -0.25) is 0 Å². The van der Waals surface area contributed by atoms with Crippen molar-refractivity contribution in [1.29, 1.82) is 0 Å². The second-order valence-corrected chi connectivity index (χ2v) is 7.93. The van der Waals surface area contributed by atoms with Gasteiger partial charge < -0.3 is 10.1 Å². The van der Waals surface area contributed by atoms with E-state index >= 15 is 0 Å². The number of hydrogen-bond donors (Lipinski definition) is 1. The Kier molecular flexibility index (Phi) is 4.62. The Hall–Kier alpha value is -0.0800. The van der Waals surface area contributed by atoms with Crippen LogP contribution >= 0.6 is 0 Å². The molecule has 0 amide bonds. The van der Waals surface area contributed by atoms with Gasteiger partial charge in [-0.2, -0.15) is 0 Å². The summed E-state index contributed by atoms with van der Waals surface area (Å²) in [4.78, 5) is 0. The molecule has 2 heteroatoms. The second kappa shape index (κ2) is 5.73. The highest BCUT2D eigenvalue weighted by molar-refractivity contribution is 5.04. The van der Waals surface area contributed by atoms with E-state index in [0.29, 0.717) is 18.2 Å². The van der Waals surface area contributed by atoms with Crippen LogP contribution < -0.4 is 5.32 Å². The minimum atomic E-state index is 0.289. The van der Waals surface area contributed by atoms with Gasteiger partial charge in [-0.25, -0.2) is 0 Å². The van der Waals surface area contributed by atoms with Crippen LogP contribution in [0.25, 0.3) is 0 Å². The van der Waals surface area contributed by atoms with Crippen LogP contribution in [0.3, 0.4) is 0 Å². The van der Waals surface area contributed by atoms with Crippen LogP contribution in [0.4, 0.5) is 0 Å². The summed E-state index contributed by atoms with van der Waals surface area (Å²) in [7, 11) is 1.85. The van der Waals surface area contributed by atoms with Crippen molar-refractivity contribution in [2.24, 2.45) is 23.2 Å². The fourth-order valence-electron chi connectivity index (χ4n) is 4.22. The van der Waals surface area contributed by atoms with E-state index < -0.39 is 0 Å². The fourth-order valence-corrected chi connectivity index (χ4v) is 4.22. The van der Waals surface area contributed by atoms with E-state index in [2.05, 4.69) is 39.9 Å². The molecule has 0 radical (unpaired) electrons. The normalized spacial score (nSPS) is 42.2. The van der Waals surface area contributed by atoms with Gasteiger partial charge >= 0.3 is 0 Å². The summed E-state index contributed by atoms with van der Waals surface area (Å²) < 4.78 is 5.58. The second-order valence-electron chi connectivity index (χ2n) is 7.93. The van der Waals surface area contributed by atoms with Crippen LogP contribution in [0, 0.1) is 23.2 Å². The van der Waals surface area contributed by atoms with Crippen molar-refractivity contribution in [1.82, 2.24) is 5.32 Å². The van der Waals surface area contributed by atoms with Crippen LogP contribution in [-0.4, -0.2) is 25.3 Å². The summed E-state index contributed by atoms with van der Waals surface area (Å²) in [5.74, 6) is 2.54. The lowest BCUT2D eigenvalue weighted by atomic mass is 9.63. The molecule has 0 aromatic carbocycles. The van der Waals surface area contributed by atoms with Crippen LogP contribution in [-0.2, 0) is 4.74 Å². The van der Waals surface area contributed by atoms with Crippen LogP contribution in [0.15, 0.2) is 0 Å². The quantitative estimate of drug-likeness (QED) is 0.835. The highest BCUT2D eigenvalue weighted by atomic mass is 16.5. The third-order valence-electron chi connectivity index (χ3n) is 5.90. The molecule has 2 nitrogen and oxygen atoms in total. The monoisotopic (exact) mass is 267 g/mol. The first-order valence-corrected chi connectivity index (χ1v) is 8.15. The van der Waals surface area contributed by atoms with Gasteiger partial charge in [0.1, 0.15) is 0 Å². The van der Waals surface area contributed by atoms with Crippen molar-refractivity contribution in [3.63, 3.8) is 0 Å². The Morgan fingerprint density at radius 1 is 1.16 bits per heavy atom. The van der Waals surface area contributed by atoms with Crippen LogP contribution in [0.5, 0.6) is 0 Å². The number of rotatable bonds is 4. The van der Waals surface area contributed by atoms with Gasteiger partial charge in [-0.1, -0.05) is 41.0 Å². The summed E-state index contributed by atoms with van der Waals surface area (Å²) in [5, 5.41) is 3.99. The molecule has 2 saturated carbocycles. The lowest BCUT2D eigenvalue weighted by Crippen LogP contribution is -2.64. The van der Waals surface area contributed by atoms with E-state index in [1.165, 1.54) is 25.7 Å². The maximum atomic E-state index is 5.58. The molecule has 1 N–H and O–H groups in total. The number of nitrogens with one attached hydrogen (secondary N) is 1. The SMILES string of the molecule is COC1CC(NC2CC(C)CCC2C(C)C)C1(C)C. The Morgan fingerprint density at radius 3 is 2.37 bits per heavy atom.